The molecule has 3 aromatic rings. The number of aromatic nitrogens is 1. The molecule has 0 fully saturated rings. The van der Waals surface area contributed by atoms with Crippen molar-refractivity contribution in [1.82, 2.24) is 9.29 Å². The maximum absolute atomic E-state index is 12.8. The molecule has 1 amide bonds. The fourth-order valence-corrected chi connectivity index (χ4v) is 5.15. The minimum Gasteiger partial charge on any atom is -0.322 e. The summed E-state index contributed by atoms with van der Waals surface area (Å²) < 4.78 is 27.0. The van der Waals surface area contributed by atoms with Crippen LogP contribution in [-0.2, 0) is 16.4 Å². The van der Waals surface area contributed by atoms with Gasteiger partial charge < -0.3 is 5.32 Å². The van der Waals surface area contributed by atoms with Crippen molar-refractivity contribution < 1.29 is 13.2 Å². The van der Waals surface area contributed by atoms with Crippen molar-refractivity contribution in [3.05, 3.63) is 88.7 Å². The number of halogens is 1. The summed E-state index contributed by atoms with van der Waals surface area (Å²) in [6, 6.07) is 15.7. The molecular formula is C23H24ClN3O3S. The van der Waals surface area contributed by atoms with Crippen molar-refractivity contribution in [2.75, 3.05) is 18.4 Å². The van der Waals surface area contributed by atoms with E-state index < -0.39 is 15.9 Å². The van der Waals surface area contributed by atoms with Gasteiger partial charge in [-0.05, 0) is 60.0 Å². The van der Waals surface area contributed by atoms with Gasteiger partial charge >= 0.3 is 0 Å². The summed E-state index contributed by atoms with van der Waals surface area (Å²) in [5, 5.41) is 2.89. The third-order valence-corrected chi connectivity index (χ3v) is 7.42. The molecule has 2 aromatic carbocycles. The van der Waals surface area contributed by atoms with Gasteiger partial charge in [-0.3, -0.25) is 9.78 Å². The number of hydrogen-bond acceptors (Lipinski definition) is 4. The van der Waals surface area contributed by atoms with E-state index in [1.54, 1.807) is 26.2 Å². The van der Waals surface area contributed by atoms with Crippen molar-refractivity contribution in [1.29, 1.82) is 0 Å². The topological polar surface area (TPSA) is 79.4 Å². The Morgan fingerprint density at radius 1 is 0.968 bits per heavy atom. The molecule has 0 aliphatic rings. The lowest BCUT2D eigenvalue weighted by Gasteiger charge is -2.19. The second-order valence-electron chi connectivity index (χ2n) is 6.92. The van der Waals surface area contributed by atoms with E-state index >= 15 is 0 Å². The molecule has 0 bridgehead atoms. The highest BCUT2D eigenvalue weighted by atomic mass is 35.5. The summed E-state index contributed by atoms with van der Waals surface area (Å²) in [7, 11) is -3.78. The Labute approximate surface area is 187 Å². The Morgan fingerprint density at radius 3 is 2.19 bits per heavy atom. The molecule has 0 radical (unpaired) electrons. The molecule has 31 heavy (non-hydrogen) atoms. The van der Waals surface area contributed by atoms with Gasteiger partial charge in [0.1, 0.15) is 4.90 Å². The molecule has 0 spiro atoms. The van der Waals surface area contributed by atoms with Crippen molar-refractivity contribution in [3.63, 3.8) is 0 Å². The van der Waals surface area contributed by atoms with Gasteiger partial charge in [0.2, 0.25) is 10.0 Å². The number of pyridine rings is 1. The number of anilines is 1. The molecule has 0 saturated carbocycles. The van der Waals surface area contributed by atoms with Crippen LogP contribution in [0.4, 0.5) is 5.69 Å². The van der Waals surface area contributed by atoms with Crippen LogP contribution >= 0.6 is 11.6 Å². The van der Waals surface area contributed by atoms with Crippen LogP contribution in [0.15, 0.2) is 71.9 Å². The van der Waals surface area contributed by atoms with Crippen LogP contribution in [0.2, 0.25) is 5.02 Å². The van der Waals surface area contributed by atoms with Gasteiger partial charge in [-0.2, -0.15) is 4.31 Å². The quantitative estimate of drug-likeness (QED) is 0.535. The second-order valence-corrected chi connectivity index (χ2v) is 9.23. The third-order valence-electron chi connectivity index (χ3n) is 4.89. The zero-order chi connectivity index (χ0) is 22.4. The van der Waals surface area contributed by atoms with Gasteiger partial charge in [-0.15, -0.1) is 0 Å². The Hall–Kier alpha value is -2.74. The maximum atomic E-state index is 12.8. The number of sulfonamides is 1. The van der Waals surface area contributed by atoms with Crippen LogP contribution in [0.3, 0.4) is 0 Å². The van der Waals surface area contributed by atoms with Gasteiger partial charge in [0.05, 0.1) is 5.02 Å². The van der Waals surface area contributed by atoms with Crippen LogP contribution in [0.1, 0.15) is 35.3 Å². The largest absolute Gasteiger partial charge is 0.322 e. The minimum atomic E-state index is -3.78. The van der Waals surface area contributed by atoms with Crippen molar-refractivity contribution in [3.8, 4) is 0 Å². The monoisotopic (exact) mass is 457 g/mol. The highest BCUT2D eigenvalue weighted by molar-refractivity contribution is 7.89. The lowest BCUT2D eigenvalue weighted by Crippen LogP contribution is -2.31. The van der Waals surface area contributed by atoms with E-state index in [1.165, 1.54) is 22.5 Å². The molecule has 1 aromatic heterocycles. The van der Waals surface area contributed by atoms with Crippen molar-refractivity contribution >= 4 is 33.2 Å². The third kappa shape index (κ3) is 5.50. The number of benzene rings is 2. The molecule has 0 aliphatic heterocycles. The van der Waals surface area contributed by atoms with E-state index in [0.29, 0.717) is 18.8 Å². The predicted octanol–water partition coefficient (Wildman–Crippen LogP) is 4.61. The van der Waals surface area contributed by atoms with Gasteiger partial charge in [-0.25, -0.2) is 8.42 Å². The first-order chi connectivity index (χ1) is 14.8. The first-order valence-electron chi connectivity index (χ1n) is 9.94. The number of rotatable bonds is 8. The van der Waals surface area contributed by atoms with Gasteiger partial charge in [-0.1, -0.05) is 37.6 Å². The van der Waals surface area contributed by atoms with E-state index in [-0.39, 0.29) is 15.5 Å². The second kappa shape index (κ2) is 10.0. The molecule has 8 heteroatoms. The Kier molecular flexibility index (Phi) is 7.43. The normalized spacial score (nSPS) is 11.5. The molecule has 1 N–H and O–H groups in total. The van der Waals surface area contributed by atoms with E-state index in [0.717, 1.165) is 17.5 Å². The van der Waals surface area contributed by atoms with Crippen LogP contribution in [0.25, 0.3) is 0 Å². The molecule has 0 aliphatic carbocycles. The van der Waals surface area contributed by atoms with Crippen LogP contribution < -0.4 is 5.32 Å². The van der Waals surface area contributed by atoms with E-state index in [9.17, 15) is 13.2 Å². The van der Waals surface area contributed by atoms with Gasteiger partial charge in [0.15, 0.2) is 0 Å². The fourth-order valence-electron chi connectivity index (χ4n) is 3.19. The highest BCUT2D eigenvalue weighted by Crippen LogP contribution is 2.26. The number of carbonyl (C=O) groups is 1. The zero-order valence-corrected chi connectivity index (χ0v) is 18.9. The zero-order valence-electron chi connectivity index (χ0n) is 17.4. The lowest BCUT2D eigenvalue weighted by atomic mass is 10.1. The average molecular weight is 458 g/mol. The molecule has 3 rings (SSSR count). The molecule has 0 saturated heterocycles. The van der Waals surface area contributed by atoms with Crippen molar-refractivity contribution in [2.45, 2.75) is 25.2 Å². The number of hydrogen-bond donors (Lipinski definition) is 1. The average Bonchev–Trinajstić information content (AvgIpc) is 2.76. The van der Waals surface area contributed by atoms with E-state index in [2.05, 4.69) is 10.3 Å². The van der Waals surface area contributed by atoms with Crippen molar-refractivity contribution in [2.24, 2.45) is 0 Å². The van der Waals surface area contributed by atoms with Crippen LogP contribution in [0.5, 0.6) is 0 Å². The Bertz CT molecular complexity index is 1150. The summed E-state index contributed by atoms with van der Waals surface area (Å²) in [5.41, 5.74) is 3.08. The van der Waals surface area contributed by atoms with Crippen LogP contribution in [0, 0.1) is 0 Å². The molecule has 0 atom stereocenters. The maximum Gasteiger partial charge on any atom is 0.255 e. The predicted molar refractivity (Wildman–Crippen MR) is 123 cm³/mol. The fraction of sp³-hybridized carbons (Fsp3) is 0.217. The SMILES string of the molecule is CCN(CC)S(=O)(=O)c1cc(C(=O)Nc2ccc(Cc3ccncc3)cc2)ccc1Cl. The van der Waals surface area contributed by atoms with E-state index in [4.69, 9.17) is 11.6 Å². The summed E-state index contributed by atoms with van der Waals surface area (Å²) in [4.78, 5) is 16.7. The van der Waals surface area contributed by atoms with Gasteiger partial charge in [0.25, 0.3) is 5.91 Å². The summed E-state index contributed by atoms with van der Waals surface area (Å²) in [6.45, 7) is 4.14. The van der Waals surface area contributed by atoms with Crippen LogP contribution in [-0.4, -0.2) is 36.7 Å². The first-order valence-corrected chi connectivity index (χ1v) is 11.8. The minimum absolute atomic E-state index is 0.0711. The summed E-state index contributed by atoms with van der Waals surface area (Å²) >= 11 is 6.15. The Morgan fingerprint density at radius 2 is 1.58 bits per heavy atom. The molecule has 0 unspecified atom stereocenters. The smallest absolute Gasteiger partial charge is 0.255 e. The number of nitrogens with one attached hydrogen (secondary N) is 1. The molecule has 1 heterocycles. The highest BCUT2D eigenvalue weighted by Gasteiger charge is 2.25. The summed E-state index contributed by atoms with van der Waals surface area (Å²) in [6.07, 6.45) is 4.27. The number of amides is 1. The number of nitrogens with zero attached hydrogens (tertiary/aromatic N) is 2. The molecule has 6 nitrogen and oxygen atoms in total. The van der Waals surface area contributed by atoms with Gasteiger partial charge in [0, 0.05) is 36.7 Å². The molecular weight excluding hydrogens is 434 g/mol. The lowest BCUT2D eigenvalue weighted by molar-refractivity contribution is 0.102. The summed E-state index contributed by atoms with van der Waals surface area (Å²) in [5.74, 6) is -0.408. The standard InChI is InChI=1S/C23H24ClN3O3S/c1-3-27(4-2)31(29,30)22-16-19(7-10-21(22)24)23(28)26-20-8-5-17(6-9-20)15-18-11-13-25-14-12-18/h5-14,16H,3-4,15H2,1-2H3,(H,26,28). The first kappa shape index (κ1) is 22.9. The van der Waals surface area contributed by atoms with E-state index in [1.807, 2.05) is 36.4 Å². The Balaban J connectivity index is 1.76. The number of carbonyl (C=O) groups excluding carboxylic acids is 1. The molecule has 162 valence electrons.